The third kappa shape index (κ3) is 2.30. The van der Waals surface area contributed by atoms with Gasteiger partial charge in [0.25, 0.3) is 0 Å². The van der Waals surface area contributed by atoms with Gasteiger partial charge >= 0.3 is 0 Å². The minimum Gasteiger partial charge on any atom is -0.495 e. The standard InChI is InChI=1S/C12H19N3O2/c1-14-9-6-15(7-11(9)16)10-4-3-8(13)5-12(10)17-2/h3-5,9,11,14,16H,6-7,13H2,1-2H3. The van der Waals surface area contributed by atoms with Crippen LogP contribution in [0.2, 0.25) is 0 Å². The Bertz CT molecular complexity index is 397. The highest BCUT2D eigenvalue weighted by molar-refractivity contribution is 5.64. The van der Waals surface area contributed by atoms with Gasteiger partial charge in [-0.15, -0.1) is 0 Å². The van der Waals surface area contributed by atoms with Gasteiger partial charge in [0.05, 0.1) is 24.9 Å². The number of nitrogens with one attached hydrogen (secondary N) is 1. The maximum absolute atomic E-state index is 9.87. The zero-order chi connectivity index (χ0) is 12.4. The number of nitrogen functional groups attached to an aromatic ring is 1. The summed E-state index contributed by atoms with van der Waals surface area (Å²) in [6, 6.07) is 5.67. The lowest BCUT2D eigenvalue weighted by molar-refractivity contribution is 0.168. The van der Waals surface area contributed by atoms with Crippen molar-refractivity contribution in [2.75, 3.05) is 37.9 Å². The van der Waals surface area contributed by atoms with Crippen LogP contribution < -0.4 is 20.7 Å². The quantitative estimate of drug-likeness (QED) is 0.648. The molecular formula is C12H19N3O2. The number of β-amino-alcohol motifs (C(OH)–C–C–N with tert-alkyl or cyclic N) is 1. The van der Waals surface area contributed by atoms with Crippen molar-refractivity contribution in [2.45, 2.75) is 12.1 Å². The fraction of sp³-hybridized carbons (Fsp3) is 0.500. The van der Waals surface area contributed by atoms with E-state index in [2.05, 4.69) is 10.2 Å². The Morgan fingerprint density at radius 2 is 2.24 bits per heavy atom. The highest BCUT2D eigenvalue weighted by Gasteiger charge is 2.31. The van der Waals surface area contributed by atoms with E-state index in [4.69, 9.17) is 10.5 Å². The Labute approximate surface area is 101 Å². The third-order valence-electron chi connectivity index (χ3n) is 3.20. The molecule has 94 valence electrons. The molecule has 0 amide bonds. The summed E-state index contributed by atoms with van der Waals surface area (Å²) in [6.07, 6.45) is -0.359. The van der Waals surface area contributed by atoms with Crippen LogP contribution >= 0.6 is 0 Å². The minimum absolute atomic E-state index is 0.0947. The minimum atomic E-state index is -0.359. The van der Waals surface area contributed by atoms with E-state index in [0.29, 0.717) is 12.2 Å². The number of nitrogens with zero attached hydrogens (tertiary/aromatic N) is 1. The molecule has 1 saturated heterocycles. The molecule has 5 nitrogen and oxygen atoms in total. The molecule has 1 aliphatic heterocycles. The zero-order valence-corrected chi connectivity index (χ0v) is 10.2. The molecule has 0 bridgehead atoms. The zero-order valence-electron chi connectivity index (χ0n) is 10.2. The Morgan fingerprint density at radius 3 is 2.82 bits per heavy atom. The van der Waals surface area contributed by atoms with Gasteiger partial charge in [-0.1, -0.05) is 0 Å². The van der Waals surface area contributed by atoms with Crippen molar-refractivity contribution in [3.63, 3.8) is 0 Å². The van der Waals surface area contributed by atoms with Gasteiger partial charge in [0.15, 0.2) is 0 Å². The van der Waals surface area contributed by atoms with Crippen LogP contribution in [0.5, 0.6) is 5.75 Å². The van der Waals surface area contributed by atoms with Gasteiger partial charge in [-0.2, -0.15) is 0 Å². The van der Waals surface area contributed by atoms with Gasteiger partial charge in [-0.25, -0.2) is 0 Å². The predicted octanol–water partition coefficient (Wildman–Crippen LogP) is 0.0463. The van der Waals surface area contributed by atoms with Crippen LogP contribution in [0.25, 0.3) is 0 Å². The van der Waals surface area contributed by atoms with E-state index in [1.54, 1.807) is 13.2 Å². The summed E-state index contributed by atoms with van der Waals surface area (Å²) in [5.41, 5.74) is 7.37. The van der Waals surface area contributed by atoms with Crippen molar-refractivity contribution in [3.8, 4) is 5.75 Å². The van der Waals surface area contributed by atoms with E-state index in [0.717, 1.165) is 18.0 Å². The fourth-order valence-corrected chi connectivity index (χ4v) is 2.22. The van der Waals surface area contributed by atoms with E-state index >= 15 is 0 Å². The van der Waals surface area contributed by atoms with Crippen molar-refractivity contribution in [1.29, 1.82) is 0 Å². The van der Waals surface area contributed by atoms with E-state index < -0.39 is 0 Å². The number of nitrogens with two attached hydrogens (primary N) is 1. The molecule has 0 spiro atoms. The lowest BCUT2D eigenvalue weighted by Gasteiger charge is -2.21. The van der Waals surface area contributed by atoms with Crippen LogP contribution in [0.1, 0.15) is 0 Å². The number of hydrogen-bond acceptors (Lipinski definition) is 5. The third-order valence-corrected chi connectivity index (χ3v) is 3.20. The Balaban J connectivity index is 2.23. The van der Waals surface area contributed by atoms with Crippen LogP contribution in [0.3, 0.4) is 0 Å². The molecule has 17 heavy (non-hydrogen) atoms. The van der Waals surface area contributed by atoms with Gasteiger partial charge in [0, 0.05) is 24.8 Å². The molecule has 1 aliphatic rings. The number of ether oxygens (including phenoxy) is 1. The molecule has 1 aromatic rings. The van der Waals surface area contributed by atoms with Crippen LogP contribution in [-0.4, -0.2) is 44.5 Å². The Kier molecular flexibility index (Phi) is 3.40. The van der Waals surface area contributed by atoms with Gasteiger partial charge in [-0.3, -0.25) is 0 Å². The Hall–Kier alpha value is -1.46. The largest absolute Gasteiger partial charge is 0.495 e. The fourth-order valence-electron chi connectivity index (χ4n) is 2.22. The van der Waals surface area contributed by atoms with Crippen molar-refractivity contribution < 1.29 is 9.84 Å². The second-order valence-electron chi connectivity index (χ2n) is 4.30. The second kappa shape index (κ2) is 4.81. The second-order valence-corrected chi connectivity index (χ2v) is 4.30. The molecule has 1 aromatic carbocycles. The van der Waals surface area contributed by atoms with E-state index in [9.17, 15) is 5.11 Å². The molecule has 0 aromatic heterocycles. The topological polar surface area (TPSA) is 70.8 Å². The molecule has 4 N–H and O–H groups in total. The summed E-state index contributed by atoms with van der Waals surface area (Å²) in [4.78, 5) is 2.10. The lowest BCUT2D eigenvalue weighted by atomic mass is 10.2. The van der Waals surface area contributed by atoms with Gasteiger partial charge in [0.2, 0.25) is 0 Å². The molecule has 1 heterocycles. The summed E-state index contributed by atoms with van der Waals surface area (Å²) in [5, 5.41) is 13.0. The highest BCUT2D eigenvalue weighted by Crippen LogP contribution is 2.32. The number of aliphatic hydroxyl groups is 1. The molecule has 1 fully saturated rings. The molecule has 2 rings (SSSR count). The predicted molar refractivity (Wildman–Crippen MR) is 68.5 cm³/mol. The summed E-state index contributed by atoms with van der Waals surface area (Å²) in [7, 11) is 3.48. The summed E-state index contributed by atoms with van der Waals surface area (Å²) < 4.78 is 5.32. The van der Waals surface area contributed by atoms with E-state index in [-0.39, 0.29) is 12.1 Å². The molecular weight excluding hydrogens is 218 g/mol. The summed E-state index contributed by atoms with van der Waals surface area (Å²) in [6.45, 7) is 1.36. The van der Waals surface area contributed by atoms with Crippen LogP contribution in [0, 0.1) is 0 Å². The SMILES string of the molecule is CNC1CN(c2ccc(N)cc2OC)CC1O. The number of rotatable bonds is 3. The maximum atomic E-state index is 9.87. The van der Waals surface area contributed by atoms with Crippen LogP contribution in [0.15, 0.2) is 18.2 Å². The normalized spacial score (nSPS) is 24.1. The lowest BCUT2D eigenvalue weighted by Crippen LogP contribution is -2.36. The first-order valence-electron chi connectivity index (χ1n) is 5.69. The summed E-state index contributed by atoms with van der Waals surface area (Å²) >= 11 is 0. The highest BCUT2D eigenvalue weighted by atomic mass is 16.5. The molecule has 0 saturated carbocycles. The monoisotopic (exact) mass is 237 g/mol. The molecule has 5 heteroatoms. The number of methoxy groups -OCH3 is 1. The van der Waals surface area contributed by atoms with E-state index in [1.807, 2.05) is 19.2 Å². The van der Waals surface area contributed by atoms with Gasteiger partial charge in [-0.05, 0) is 19.2 Å². The smallest absolute Gasteiger partial charge is 0.144 e. The first kappa shape index (κ1) is 12.0. The molecule has 2 unspecified atom stereocenters. The number of aliphatic hydroxyl groups excluding tert-OH is 1. The molecule has 2 atom stereocenters. The van der Waals surface area contributed by atoms with Crippen molar-refractivity contribution in [3.05, 3.63) is 18.2 Å². The Morgan fingerprint density at radius 1 is 1.47 bits per heavy atom. The average molecular weight is 237 g/mol. The number of anilines is 2. The number of hydrogen-bond donors (Lipinski definition) is 3. The first-order chi connectivity index (χ1) is 8.15. The summed E-state index contributed by atoms with van der Waals surface area (Å²) in [5.74, 6) is 0.744. The van der Waals surface area contributed by atoms with E-state index in [1.165, 1.54) is 0 Å². The number of benzene rings is 1. The van der Waals surface area contributed by atoms with Crippen LogP contribution in [-0.2, 0) is 0 Å². The van der Waals surface area contributed by atoms with Crippen molar-refractivity contribution in [1.82, 2.24) is 5.32 Å². The maximum Gasteiger partial charge on any atom is 0.144 e. The van der Waals surface area contributed by atoms with Crippen molar-refractivity contribution >= 4 is 11.4 Å². The van der Waals surface area contributed by atoms with Crippen molar-refractivity contribution in [2.24, 2.45) is 0 Å². The number of likely N-dealkylation sites (N-methyl/N-ethyl adjacent to an activating group) is 1. The van der Waals surface area contributed by atoms with Crippen LogP contribution in [0.4, 0.5) is 11.4 Å². The van der Waals surface area contributed by atoms with Gasteiger partial charge < -0.3 is 25.8 Å². The molecule has 0 radical (unpaired) electrons. The first-order valence-corrected chi connectivity index (χ1v) is 5.69. The average Bonchev–Trinajstić information content (AvgIpc) is 2.70. The molecule has 0 aliphatic carbocycles. The van der Waals surface area contributed by atoms with Gasteiger partial charge in [0.1, 0.15) is 5.75 Å².